The average molecular weight is 293 g/mol. The molecule has 0 bridgehead atoms. The maximum absolute atomic E-state index is 14.2. The van der Waals surface area contributed by atoms with Crippen LogP contribution in [0, 0.1) is 17.7 Å². The fourth-order valence-electron chi connectivity index (χ4n) is 3.36. The summed E-state index contributed by atoms with van der Waals surface area (Å²) in [6.45, 7) is 6.54. The average Bonchev–Trinajstić information content (AvgIpc) is 2.40. The van der Waals surface area contributed by atoms with Gasteiger partial charge in [-0.3, -0.25) is 0 Å². The highest BCUT2D eigenvalue weighted by Gasteiger charge is 2.25. The number of halogens is 1. The molecule has 0 amide bonds. The SMILES string of the molecule is CCC(N)Cc1ccc(OC2CC(C)CC(C)C2)c(F)c1. The molecule has 3 unspecified atom stereocenters. The van der Waals surface area contributed by atoms with Crippen molar-refractivity contribution in [1.82, 2.24) is 0 Å². The summed E-state index contributed by atoms with van der Waals surface area (Å²) in [5.74, 6) is 1.43. The van der Waals surface area contributed by atoms with Gasteiger partial charge in [-0.15, -0.1) is 0 Å². The monoisotopic (exact) mass is 293 g/mol. The molecule has 1 aliphatic carbocycles. The van der Waals surface area contributed by atoms with Crippen LogP contribution in [-0.2, 0) is 6.42 Å². The van der Waals surface area contributed by atoms with Crippen molar-refractivity contribution in [3.8, 4) is 5.75 Å². The van der Waals surface area contributed by atoms with E-state index in [0.717, 1.165) is 24.8 Å². The van der Waals surface area contributed by atoms with Crippen LogP contribution in [0.5, 0.6) is 5.75 Å². The minimum Gasteiger partial charge on any atom is -0.487 e. The zero-order valence-electron chi connectivity index (χ0n) is 13.4. The van der Waals surface area contributed by atoms with Crippen LogP contribution in [0.3, 0.4) is 0 Å². The van der Waals surface area contributed by atoms with E-state index >= 15 is 0 Å². The Kier molecular flexibility index (Phi) is 5.63. The van der Waals surface area contributed by atoms with Gasteiger partial charge < -0.3 is 10.5 Å². The van der Waals surface area contributed by atoms with Crippen molar-refractivity contribution in [2.75, 3.05) is 0 Å². The van der Waals surface area contributed by atoms with Gasteiger partial charge in [0.05, 0.1) is 6.10 Å². The molecule has 0 spiro atoms. The van der Waals surface area contributed by atoms with Crippen LogP contribution in [-0.4, -0.2) is 12.1 Å². The lowest BCUT2D eigenvalue weighted by molar-refractivity contribution is 0.0970. The number of ether oxygens (including phenoxy) is 1. The van der Waals surface area contributed by atoms with Gasteiger partial charge in [-0.25, -0.2) is 4.39 Å². The molecule has 1 aromatic carbocycles. The van der Waals surface area contributed by atoms with E-state index in [0.29, 0.717) is 24.0 Å². The Hall–Kier alpha value is -1.09. The molecule has 1 aromatic rings. The van der Waals surface area contributed by atoms with Crippen LogP contribution in [0.15, 0.2) is 18.2 Å². The van der Waals surface area contributed by atoms with Crippen LogP contribution in [0.1, 0.15) is 52.0 Å². The third-order valence-electron chi connectivity index (χ3n) is 4.45. The highest BCUT2D eigenvalue weighted by atomic mass is 19.1. The lowest BCUT2D eigenvalue weighted by atomic mass is 9.82. The first-order valence-electron chi connectivity index (χ1n) is 8.18. The van der Waals surface area contributed by atoms with E-state index in [1.165, 1.54) is 6.42 Å². The normalized spacial score (nSPS) is 27.4. The first-order valence-corrected chi connectivity index (χ1v) is 8.18. The predicted molar refractivity (Wildman–Crippen MR) is 85.0 cm³/mol. The minimum absolute atomic E-state index is 0.0937. The molecule has 1 fully saturated rings. The molecule has 3 atom stereocenters. The molecule has 1 saturated carbocycles. The lowest BCUT2D eigenvalue weighted by Crippen LogP contribution is -2.28. The summed E-state index contributed by atoms with van der Waals surface area (Å²) >= 11 is 0. The summed E-state index contributed by atoms with van der Waals surface area (Å²) < 4.78 is 20.1. The van der Waals surface area contributed by atoms with Gasteiger partial charge in [-0.1, -0.05) is 26.8 Å². The summed E-state index contributed by atoms with van der Waals surface area (Å²) in [6, 6.07) is 5.36. The maximum atomic E-state index is 14.2. The molecule has 0 radical (unpaired) electrons. The number of rotatable bonds is 5. The second kappa shape index (κ2) is 7.26. The Morgan fingerprint density at radius 3 is 2.48 bits per heavy atom. The van der Waals surface area contributed by atoms with Crippen molar-refractivity contribution in [3.05, 3.63) is 29.6 Å². The first kappa shape index (κ1) is 16.3. The second-order valence-electron chi connectivity index (χ2n) is 6.79. The summed E-state index contributed by atoms with van der Waals surface area (Å²) in [4.78, 5) is 0. The topological polar surface area (TPSA) is 35.2 Å². The molecule has 2 nitrogen and oxygen atoms in total. The number of hydrogen-bond donors (Lipinski definition) is 1. The van der Waals surface area contributed by atoms with Gasteiger partial charge in [0.2, 0.25) is 0 Å². The summed E-state index contributed by atoms with van der Waals surface area (Å²) in [5.41, 5.74) is 6.86. The lowest BCUT2D eigenvalue weighted by Gasteiger charge is -2.31. The van der Waals surface area contributed by atoms with Crippen molar-refractivity contribution >= 4 is 0 Å². The van der Waals surface area contributed by atoms with Gasteiger partial charge in [-0.05, 0) is 61.6 Å². The molecule has 0 aliphatic heterocycles. The molecule has 118 valence electrons. The molecular formula is C18H28FNO. The fraction of sp³-hybridized carbons (Fsp3) is 0.667. The summed E-state index contributed by atoms with van der Waals surface area (Å²) in [5, 5.41) is 0. The molecule has 21 heavy (non-hydrogen) atoms. The Bertz CT molecular complexity index is 453. The Morgan fingerprint density at radius 2 is 1.90 bits per heavy atom. The van der Waals surface area contributed by atoms with Crippen molar-refractivity contribution in [2.45, 2.75) is 65.0 Å². The third-order valence-corrected chi connectivity index (χ3v) is 4.45. The Morgan fingerprint density at radius 1 is 1.24 bits per heavy atom. The molecule has 2 rings (SSSR count). The second-order valence-corrected chi connectivity index (χ2v) is 6.79. The zero-order valence-corrected chi connectivity index (χ0v) is 13.4. The summed E-state index contributed by atoms with van der Waals surface area (Å²) in [6.07, 6.45) is 5.04. The van der Waals surface area contributed by atoms with Gasteiger partial charge >= 0.3 is 0 Å². The van der Waals surface area contributed by atoms with Crippen molar-refractivity contribution < 1.29 is 9.13 Å². The third kappa shape index (κ3) is 4.70. The van der Waals surface area contributed by atoms with E-state index in [4.69, 9.17) is 10.5 Å². The molecule has 0 aromatic heterocycles. The van der Waals surface area contributed by atoms with Gasteiger partial charge in [0, 0.05) is 6.04 Å². The van der Waals surface area contributed by atoms with Crippen LogP contribution >= 0.6 is 0 Å². The summed E-state index contributed by atoms with van der Waals surface area (Å²) in [7, 11) is 0. The Labute approximate surface area is 127 Å². The molecular weight excluding hydrogens is 265 g/mol. The number of hydrogen-bond acceptors (Lipinski definition) is 2. The highest BCUT2D eigenvalue weighted by Crippen LogP contribution is 2.32. The van der Waals surface area contributed by atoms with Crippen LogP contribution < -0.4 is 10.5 Å². The number of nitrogens with two attached hydrogens (primary N) is 1. The van der Waals surface area contributed by atoms with Gasteiger partial charge in [0.15, 0.2) is 11.6 Å². The van der Waals surface area contributed by atoms with Crippen LogP contribution in [0.4, 0.5) is 4.39 Å². The van der Waals surface area contributed by atoms with E-state index in [1.807, 2.05) is 13.0 Å². The number of benzene rings is 1. The van der Waals surface area contributed by atoms with Crippen molar-refractivity contribution in [1.29, 1.82) is 0 Å². The standard InChI is InChI=1S/C18H28FNO/c1-4-15(20)10-14-5-6-18(17(19)11-14)21-16-8-12(2)7-13(3)9-16/h5-6,11-13,15-16H,4,7-10,20H2,1-3H3. The van der Waals surface area contributed by atoms with Crippen LogP contribution in [0.2, 0.25) is 0 Å². The maximum Gasteiger partial charge on any atom is 0.165 e. The van der Waals surface area contributed by atoms with Crippen molar-refractivity contribution in [3.63, 3.8) is 0 Å². The first-order chi connectivity index (χ1) is 9.97. The predicted octanol–water partition coefficient (Wildman–Crippen LogP) is 4.31. The smallest absolute Gasteiger partial charge is 0.165 e. The van der Waals surface area contributed by atoms with Crippen LogP contribution in [0.25, 0.3) is 0 Å². The van der Waals surface area contributed by atoms with E-state index in [-0.39, 0.29) is 18.0 Å². The highest BCUT2D eigenvalue weighted by molar-refractivity contribution is 5.30. The molecule has 2 N–H and O–H groups in total. The van der Waals surface area contributed by atoms with E-state index in [1.54, 1.807) is 12.1 Å². The quantitative estimate of drug-likeness (QED) is 0.878. The molecule has 0 saturated heterocycles. The van der Waals surface area contributed by atoms with E-state index < -0.39 is 0 Å². The molecule has 3 heteroatoms. The largest absolute Gasteiger partial charge is 0.487 e. The van der Waals surface area contributed by atoms with Gasteiger partial charge in [0.25, 0.3) is 0 Å². The van der Waals surface area contributed by atoms with E-state index in [9.17, 15) is 4.39 Å². The molecule has 0 heterocycles. The fourth-order valence-corrected chi connectivity index (χ4v) is 3.36. The Balaban J connectivity index is 2.00. The van der Waals surface area contributed by atoms with Gasteiger partial charge in [0.1, 0.15) is 0 Å². The minimum atomic E-state index is -0.262. The zero-order chi connectivity index (χ0) is 15.4. The van der Waals surface area contributed by atoms with Crippen molar-refractivity contribution in [2.24, 2.45) is 17.6 Å². The molecule has 1 aliphatic rings. The van der Waals surface area contributed by atoms with E-state index in [2.05, 4.69) is 13.8 Å². The van der Waals surface area contributed by atoms with Gasteiger partial charge in [-0.2, -0.15) is 0 Å².